The zero-order valence-electron chi connectivity index (χ0n) is 11.7. The van der Waals surface area contributed by atoms with Crippen LogP contribution in [-0.4, -0.2) is 26.1 Å². The normalized spacial score (nSPS) is 17.8. The number of rotatable bonds is 5. The van der Waals surface area contributed by atoms with Crippen LogP contribution in [0.25, 0.3) is 0 Å². The molecule has 3 atom stereocenters. The number of amides is 1. The molecule has 4 nitrogen and oxygen atoms in total. The van der Waals surface area contributed by atoms with Gasteiger partial charge in [0.25, 0.3) is 5.91 Å². The number of benzene rings is 1. The van der Waals surface area contributed by atoms with Crippen LogP contribution in [0.4, 0.5) is 0 Å². The quantitative estimate of drug-likeness (QED) is 0.856. The Hall–Kier alpha value is -1.20. The third-order valence-electron chi connectivity index (χ3n) is 3.47. The van der Waals surface area contributed by atoms with Crippen LogP contribution in [0.5, 0.6) is 0 Å². The van der Waals surface area contributed by atoms with Crippen molar-refractivity contribution in [3.63, 3.8) is 0 Å². The molecule has 0 aliphatic rings. The van der Waals surface area contributed by atoms with Gasteiger partial charge in [0, 0.05) is 4.90 Å². The van der Waals surface area contributed by atoms with E-state index in [-0.39, 0.29) is 0 Å². The molecule has 1 unspecified atom stereocenters. The van der Waals surface area contributed by atoms with Gasteiger partial charge in [-0.05, 0) is 31.9 Å². The van der Waals surface area contributed by atoms with E-state index >= 15 is 0 Å². The second-order valence-electron chi connectivity index (χ2n) is 5.10. The molecule has 0 aliphatic carbocycles. The van der Waals surface area contributed by atoms with Crippen molar-refractivity contribution in [1.29, 1.82) is 0 Å². The lowest BCUT2D eigenvalue weighted by atomic mass is 9.87. The Morgan fingerprint density at radius 3 is 2.11 bits per heavy atom. The van der Waals surface area contributed by atoms with Crippen molar-refractivity contribution in [1.82, 2.24) is 0 Å². The first-order chi connectivity index (χ1) is 8.71. The molecule has 0 aromatic heterocycles. The number of carbonyl (C=O) groups excluding carboxylic acids is 1. The molecule has 1 amide bonds. The van der Waals surface area contributed by atoms with Gasteiger partial charge in [-0.3, -0.25) is 9.00 Å². The zero-order chi connectivity index (χ0) is 14.8. The summed E-state index contributed by atoms with van der Waals surface area (Å²) in [5.41, 5.74) is 4.57. The molecule has 0 heterocycles. The second-order valence-corrected chi connectivity index (χ2v) is 6.87. The van der Waals surface area contributed by atoms with Crippen molar-refractivity contribution in [3.05, 3.63) is 29.8 Å². The van der Waals surface area contributed by atoms with Gasteiger partial charge in [-0.25, -0.2) is 0 Å². The highest BCUT2D eigenvalue weighted by atomic mass is 32.2. The molecule has 0 radical (unpaired) electrons. The molecule has 19 heavy (non-hydrogen) atoms. The van der Waals surface area contributed by atoms with Gasteiger partial charge in [0.2, 0.25) is 0 Å². The number of aliphatic hydroxyl groups is 1. The monoisotopic (exact) mass is 283 g/mol. The van der Waals surface area contributed by atoms with Crippen molar-refractivity contribution < 1.29 is 14.1 Å². The molecular formula is C14H21NO3S. The minimum atomic E-state index is -1.78. The molecule has 5 heteroatoms. The fraction of sp³-hybridized carbons (Fsp3) is 0.500. The molecule has 0 bridgehead atoms. The third-order valence-corrected chi connectivity index (χ3v) is 5.21. The largest absolute Gasteiger partial charge is 0.378 e. The van der Waals surface area contributed by atoms with Crippen LogP contribution >= 0.6 is 0 Å². The molecule has 0 aliphatic heterocycles. The summed E-state index contributed by atoms with van der Waals surface area (Å²) in [5, 5.41) is 9.68. The Labute approximate surface area is 116 Å². The minimum absolute atomic E-state index is 0.408. The van der Waals surface area contributed by atoms with Gasteiger partial charge in [0.15, 0.2) is 5.60 Å². The maximum atomic E-state index is 12.5. The smallest absolute Gasteiger partial charge is 0.250 e. The van der Waals surface area contributed by atoms with E-state index in [0.29, 0.717) is 4.90 Å². The van der Waals surface area contributed by atoms with Gasteiger partial charge in [-0.2, -0.15) is 0 Å². The summed E-state index contributed by atoms with van der Waals surface area (Å²) in [5.74, 6) is -1.25. The van der Waals surface area contributed by atoms with E-state index in [1.165, 1.54) is 0 Å². The molecule has 1 aromatic rings. The molecular weight excluding hydrogens is 262 g/mol. The van der Waals surface area contributed by atoms with E-state index in [1.54, 1.807) is 32.9 Å². The van der Waals surface area contributed by atoms with Crippen molar-refractivity contribution in [2.75, 3.05) is 0 Å². The standard InChI is InChI=1S/C14H21NO3S/c1-9(2)14(17,13(15)16)11(4)19(18)12-7-5-10(3)6-8-12/h5-9,11,17H,1-4H3,(H2,15,16)/t11-,14-,19?/m1/s1. The number of hydrogen-bond donors (Lipinski definition) is 2. The van der Waals surface area contributed by atoms with Gasteiger partial charge in [-0.1, -0.05) is 31.5 Å². The summed E-state index contributed by atoms with van der Waals surface area (Å²) in [6.45, 7) is 6.89. The van der Waals surface area contributed by atoms with Crippen LogP contribution in [0.2, 0.25) is 0 Å². The number of hydrogen-bond acceptors (Lipinski definition) is 3. The topological polar surface area (TPSA) is 80.4 Å². The van der Waals surface area contributed by atoms with Crippen LogP contribution in [-0.2, 0) is 15.6 Å². The van der Waals surface area contributed by atoms with Crippen LogP contribution in [0.3, 0.4) is 0 Å². The van der Waals surface area contributed by atoms with Crippen LogP contribution in [0.15, 0.2) is 29.2 Å². The van der Waals surface area contributed by atoms with Crippen LogP contribution in [0, 0.1) is 12.8 Å². The first-order valence-corrected chi connectivity index (χ1v) is 7.42. The Morgan fingerprint density at radius 1 is 1.26 bits per heavy atom. The summed E-state index contributed by atoms with van der Waals surface area (Å²) < 4.78 is 12.5. The average Bonchev–Trinajstić information content (AvgIpc) is 2.36. The van der Waals surface area contributed by atoms with Crippen molar-refractivity contribution in [3.8, 4) is 0 Å². The first kappa shape index (κ1) is 15.9. The zero-order valence-corrected chi connectivity index (χ0v) is 12.5. The fourth-order valence-corrected chi connectivity index (χ4v) is 3.52. The predicted octanol–water partition coefficient (Wildman–Crippen LogP) is 1.36. The van der Waals surface area contributed by atoms with Crippen LogP contribution in [0.1, 0.15) is 26.3 Å². The first-order valence-electron chi connectivity index (χ1n) is 6.20. The molecule has 0 saturated carbocycles. The summed E-state index contributed by atoms with van der Waals surface area (Å²) in [7, 11) is -1.50. The maximum Gasteiger partial charge on any atom is 0.250 e. The van der Waals surface area contributed by atoms with E-state index < -0.39 is 33.5 Å². The van der Waals surface area contributed by atoms with Crippen molar-refractivity contribution in [2.45, 2.75) is 43.4 Å². The molecule has 3 N–H and O–H groups in total. The van der Waals surface area contributed by atoms with Crippen LogP contribution < -0.4 is 5.73 Å². The Balaban J connectivity index is 3.11. The maximum absolute atomic E-state index is 12.5. The van der Waals surface area contributed by atoms with E-state index in [4.69, 9.17) is 5.73 Å². The van der Waals surface area contributed by atoms with Gasteiger partial charge in [0.1, 0.15) is 0 Å². The lowest BCUT2D eigenvalue weighted by Crippen LogP contribution is -2.57. The Kier molecular flexibility index (Phi) is 4.87. The molecule has 1 aromatic carbocycles. The highest BCUT2D eigenvalue weighted by Crippen LogP contribution is 2.27. The lowest BCUT2D eigenvalue weighted by molar-refractivity contribution is -0.140. The summed E-state index contributed by atoms with van der Waals surface area (Å²) in [6.07, 6.45) is 0. The Bertz CT molecular complexity index is 484. The van der Waals surface area contributed by atoms with Gasteiger partial charge in [-0.15, -0.1) is 0 Å². The lowest BCUT2D eigenvalue weighted by Gasteiger charge is -2.34. The minimum Gasteiger partial charge on any atom is -0.378 e. The van der Waals surface area contributed by atoms with Crippen molar-refractivity contribution >= 4 is 16.7 Å². The van der Waals surface area contributed by atoms with Gasteiger partial charge < -0.3 is 10.8 Å². The molecule has 0 fully saturated rings. The molecule has 1 rings (SSSR count). The Morgan fingerprint density at radius 2 is 1.74 bits per heavy atom. The average molecular weight is 283 g/mol. The predicted molar refractivity (Wildman–Crippen MR) is 76.0 cm³/mol. The third kappa shape index (κ3) is 3.04. The number of nitrogens with two attached hydrogens (primary N) is 1. The second kappa shape index (κ2) is 5.84. The number of primary amides is 1. The molecule has 0 saturated heterocycles. The summed E-state index contributed by atoms with van der Waals surface area (Å²) in [6, 6.07) is 7.17. The van der Waals surface area contributed by atoms with E-state index in [1.807, 2.05) is 19.1 Å². The van der Waals surface area contributed by atoms with E-state index in [2.05, 4.69) is 0 Å². The summed E-state index contributed by atoms with van der Waals surface area (Å²) >= 11 is 0. The van der Waals surface area contributed by atoms with Crippen molar-refractivity contribution in [2.24, 2.45) is 11.7 Å². The highest BCUT2D eigenvalue weighted by molar-refractivity contribution is 7.85. The highest BCUT2D eigenvalue weighted by Gasteiger charge is 2.46. The van der Waals surface area contributed by atoms with E-state index in [9.17, 15) is 14.1 Å². The van der Waals surface area contributed by atoms with E-state index in [0.717, 1.165) is 5.56 Å². The van der Waals surface area contributed by atoms with Gasteiger partial charge in [0.05, 0.1) is 16.0 Å². The molecule has 106 valence electrons. The summed E-state index contributed by atoms with van der Waals surface area (Å²) in [4.78, 5) is 12.1. The number of aryl methyl sites for hydroxylation is 1. The van der Waals surface area contributed by atoms with Gasteiger partial charge >= 0.3 is 0 Å². The SMILES string of the molecule is Cc1ccc(S(=O)[C@H](C)[C@@](O)(C(N)=O)C(C)C)cc1. The number of carbonyl (C=O) groups is 1. The molecule has 0 spiro atoms. The fourth-order valence-electron chi connectivity index (χ4n) is 1.99.